The molecule has 0 aliphatic heterocycles. The highest BCUT2D eigenvalue weighted by Gasteiger charge is 2.41. The molecular formula is C20H24ClF3N6O. The molecule has 0 spiro atoms. The zero-order chi connectivity index (χ0) is 22.8. The monoisotopic (exact) mass is 456 g/mol. The Bertz CT molecular complexity index is 961. The number of alkyl halides is 3. The minimum atomic E-state index is -4.13. The minimum absolute atomic E-state index is 0.0229. The topological polar surface area (TPSA) is 88.7 Å². The zero-order valence-electron chi connectivity index (χ0n) is 17.5. The van der Waals surface area contributed by atoms with Gasteiger partial charge < -0.3 is 10.1 Å². The molecule has 1 N–H and O–H groups in total. The lowest BCUT2D eigenvalue weighted by atomic mass is 9.82. The number of aryl methyl sites for hydroxylation is 1. The molecule has 2 heterocycles. The van der Waals surface area contributed by atoms with Crippen LogP contribution in [0.3, 0.4) is 0 Å². The first-order valence-electron chi connectivity index (χ1n) is 9.96. The van der Waals surface area contributed by atoms with Crippen molar-refractivity contribution in [2.24, 2.45) is 11.8 Å². The van der Waals surface area contributed by atoms with Crippen molar-refractivity contribution in [2.75, 3.05) is 11.9 Å². The van der Waals surface area contributed by atoms with Crippen LogP contribution in [0.5, 0.6) is 5.88 Å². The molecular weight excluding hydrogens is 433 g/mol. The maximum atomic E-state index is 12.8. The SMILES string of the molecule is Cc1nn(C(C)(C)C#N)cc1Nc1ncc(Cl)c(OCC2CCC(C(F)(F)F)CC2)n1. The van der Waals surface area contributed by atoms with Crippen LogP contribution in [0.2, 0.25) is 5.02 Å². The second kappa shape index (κ2) is 8.91. The number of nitriles is 1. The van der Waals surface area contributed by atoms with Crippen LogP contribution in [-0.4, -0.2) is 32.5 Å². The Balaban J connectivity index is 1.63. The number of hydrogen-bond donors (Lipinski definition) is 1. The lowest BCUT2D eigenvalue weighted by Gasteiger charge is -2.29. The summed E-state index contributed by atoms with van der Waals surface area (Å²) in [5.74, 6) is -0.802. The maximum absolute atomic E-state index is 12.8. The van der Waals surface area contributed by atoms with Crippen molar-refractivity contribution < 1.29 is 17.9 Å². The van der Waals surface area contributed by atoms with Gasteiger partial charge in [0, 0.05) is 0 Å². The van der Waals surface area contributed by atoms with Gasteiger partial charge in [-0.25, -0.2) is 4.98 Å². The van der Waals surface area contributed by atoms with Crippen LogP contribution < -0.4 is 10.1 Å². The normalized spacial score (nSPS) is 19.7. The molecule has 0 bridgehead atoms. The van der Waals surface area contributed by atoms with Crippen LogP contribution in [0.4, 0.5) is 24.8 Å². The molecule has 11 heteroatoms. The smallest absolute Gasteiger partial charge is 0.391 e. The van der Waals surface area contributed by atoms with Crippen molar-refractivity contribution in [1.82, 2.24) is 19.7 Å². The van der Waals surface area contributed by atoms with E-state index >= 15 is 0 Å². The molecule has 0 amide bonds. The number of anilines is 2. The molecule has 0 atom stereocenters. The number of nitrogens with zero attached hydrogens (tertiary/aromatic N) is 5. The molecule has 168 valence electrons. The average molecular weight is 457 g/mol. The third-order valence-corrected chi connectivity index (χ3v) is 5.73. The van der Waals surface area contributed by atoms with E-state index in [1.54, 1.807) is 31.6 Å². The van der Waals surface area contributed by atoms with Crippen LogP contribution in [0.25, 0.3) is 0 Å². The summed E-state index contributed by atoms with van der Waals surface area (Å²) in [6.45, 7) is 5.53. The largest absolute Gasteiger partial charge is 0.476 e. The molecule has 0 aromatic carbocycles. The van der Waals surface area contributed by atoms with Gasteiger partial charge in [0.15, 0.2) is 0 Å². The van der Waals surface area contributed by atoms with E-state index in [9.17, 15) is 18.4 Å². The molecule has 2 aromatic heterocycles. The van der Waals surface area contributed by atoms with Crippen molar-refractivity contribution in [3.8, 4) is 11.9 Å². The third kappa shape index (κ3) is 5.58. The number of halogens is 4. The average Bonchev–Trinajstić information content (AvgIpc) is 3.09. The Morgan fingerprint density at radius 3 is 2.58 bits per heavy atom. The molecule has 0 saturated heterocycles. The summed E-state index contributed by atoms with van der Waals surface area (Å²) in [5, 5.41) is 16.9. The molecule has 1 aliphatic rings. The lowest BCUT2D eigenvalue weighted by molar-refractivity contribution is -0.184. The van der Waals surface area contributed by atoms with Gasteiger partial charge in [0.2, 0.25) is 11.8 Å². The first-order chi connectivity index (χ1) is 14.5. The number of aromatic nitrogens is 4. The molecule has 1 saturated carbocycles. The molecule has 31 heavy (non-hydrogen) atoms. The summed E-state index contributed by atoms with van der Waals surface area (Å²) in [7, 11) is 0. The van der Waals surface area contributed by atoms with E-state index in [1.165, 1.54) is 6.20 Å². The van der Waals surface area contributed by atoms with Crippen molar-refractivity contribution in [1.29, 1.82) is 5.26 Å². The quantitative estimate of drug-likeness (QED) is 0.627. The lowest BCUT2D eigenvalue weighted by Crippen LogP contribution is -2.29. The summed E-state index contributed by atoms with van der Waals surface area (Å²) < 4.78 is 45.7. The Kier molecular flexibility index (Phi) is 6.65. The molecule has 3 rings (SSSR count). The Labute approximate surface area is 183 Å². The fourth-order valence-electron chi connectivity index (χ4n) is 3.41. The summed E-state index contributed by atoms with van der Waals surface area (Å²) in [5.41, 5.74) is 0.470. The van der Waals surface area contributed by atoms with E-state index in [-0.39, 0.29) is 42.2 Å². The Hall–Kier alpha value is -2.54. The van der Waals surface area contributed by atoms with Crippen molar-refractivity contribution >= 4 is 23.2 Å². The fourth-order valence-corrected chi connectivity index (χ4v) is 3.55. The molecule has 0 radical (unpaired) electrons. The molecule has 1 aliphatic carbocycles. The minimum Gasteiger partial charge on any atom is -0.476 e. The predicted octanol–water partition coefficient (Wildman–Crippen LogP) is 5.38. The Morgan fingerprint density at radius 1 is 1.29 bits per heavy atom. The number of rotatable bonds is 6. The van der Waals surface area contributed by atoms with Crippen LogP contribution in [-0.2, 0) is 5.54 Å². The van der Waals surface area contributed by atoms with Crippen LogP contribution in [0.1, 0.15) is 45.2 Å². The van der Waals surface area contributed by atoms with E-state index in [0.717, 1.165) is 0 Å². The van der Waals surface area contributed by atoms with Crippen LogP contribution in [0.15, 0.2) is 12.4 Å². The highest BCUT2D eigenvalue weighted by atomic mass is 35.5. The highest BCUT2D eigenvalue weighted by Crippen LogP contribution is 2.39. The van der Waals surface area contributed by atoms with Gasteiger partial charge in [-0.2, -0.15) is 28.5 Å². The van der Waals surface area contributed by atoms with Gasteiger partial charge in [-0.15, -0.1) is 0 Å². The van der Waals surface area contributed by atoms with Crippen LogP contribution in [0, 0.1) is 30.1 Å². The van der Waals surface area contributed by atoms with Gasteiger partial charge in [-0.05, 0) is 52.4 Å². The van der Waals surface area contributed by atoms with Crippen molar-refractivity contribution in [3.63, 3.8) is 0 Å². The molecule has 1 fully saturated rings. The third-order valence-electron chi connectivity index (χ3n) is 5.47. The van der Waals surface area contributed by atoms with Crippen molar-refractivity contribution in [3.05, 3.63) is 23.1 Å². The molecule has 7 nitrogen and oxygen atoms in total. The predicted molar refractivity (Wildman–Crippen MR) is 109 cm³/mol. The Morgan fingerprint density at radius 2 is 1.97 bits per heavy atom. The number of ether oxygens (including phenoxy) is 1. The molecule has 0 unspecified atom stereocenters. The van der Waals surface area contributed by atoms with Gasteiger partial charge in [0.1, 0.15) is 10.6 Å². The van der Waals surface area contributed by atoms with Gasteiger partial charge in [-0.1, -0.05) is 11.6 Å². The standard InChI is InChI=1S/C20H24ClF3N6O/c1-12-16(9-30(29-12)19(2,3)11-25)27-18-26-8-15(21)17(28-18)31-10-13-4-6-14(7-5-13)20(22,23)24/h8-9,13-14H,4-7,10H2,1-3H3,(H,26,27,28). The van der Waals surface area contributed by atoms with Gasteiger partial charge >= 0.3 is 6.18 Å². The van der Waals surface area contributed by atoms with Gasteiger partial charge in [0.05, 0.1) is 42.4 Å². The fraction of sp³-hybridized carbons (Fsp3) is 0.600. The summed E-state index contributed by atoms with van der Waals surface area (Å²) in [6, 6.07) is 2.18. The van der Waals surface area contributed by atoms with E-state index in [2.05, 4.69) is 26.5 Å². The first kappa shape index (κ1) is 23.1. The van der Waals surface area contributed by atoms with Crippen molar-refractivity contribution in [2.45, 2.75) is 58.2 Å². The maximum Gasteiger partial charge on any atom is 0.391 e. The second-order valence-electron chi connectivity index (χ2n) is 8.29. The van der Waals surface area contributed by atoms with E-state index in [0.29, 0.717) is 24.2 Å². The first-order valence-corrected chi connectivity index (χ1v) is 10.3. The number of hydrogen-bond acceptors (Lipinski definition) is 6. The van der Waals surface area contributed by atoms with E-state index < -0.39 is 17.6 Å². The van der Waals surface area contributed by atoms with E-state index in [1.807, 2.05) is 0 Å². The van der Waals surface area contributed by atoms with E-state index in [4.69, 9.17) is 16.3 Å². The second-order valence-corrected chi connectivity index (χ2v) is 8.69. The summed E-state index contributed by atoms with van der Waals surface area (Å²) in [6.07, 6.45) is 0.0863. The zero-order valence-corrected chi connectivity index (χ0v) is 18.3. The highest BCUT2D eigenvalue weighted by molar-refractivity contribution is 6.31. The molecule has 2 aromatic rings. The summed E-state index contributed by atoms with van der Waals surface area (Å²) >= 11 is 6.13. The number of nitrogens with one attached hydrogen (secondary N) is 1. The van der Waals surface area contributed by atoms with Gasteiger partial charge in [-0.3, -0.25) is 4.68 Å². The summed E-state index contributed by atoms with van der Waals surface area (Å²) in [4.78, 5) is 8.42. The van der Waals surface area contributed by atoms with Gasteiger partial charge in [0.25, 0.3) is 0 Å². The van der Waals surface area contributed by atoms with Crippen LogP contribution >= 0.6 is 11.6 Å².